The van der Waals surface area contributed by atoms with E-state index in [1.54, 1.807) is 24.3 Å². The highest BCUT2D eigenvalue weighted by atomic mass is 32.2. The number of aromatic nitrogens is 3. The van der Waals surface area contributed by atoms with Crippen LogP contribution in [0.5, 0.6) is 5.75 Å². The summed E-state index contributed by atoms with van der Waals surface area (Å²) in [5.74, 6) is 1.05. The number of carbonyl (C=O) groups is 1. The molecule has 0 fully saturated rings. The number of hydrogen-bond donors (Lipinski definition) is 0. The van der Waals surface area contributed by atoms with Crippen molar-refractivity contribution in [3.05, 3.63) is 102 Å². The molecule has 1 aromatic heterocycles. The van der Waals surface area contributed by atoms with Gasteiger partial charge in [-0.25, -0.2) is 4.39 Å². The van der Waals surface area contributed by atoms with Gasteiger partial charge >= 0.3 is 0 Å². The van der Waals surface area contributed by atoms with Gasteiger partial charge in [-0.1, -0.05) is 60.3 Å². The van der Waals surface area contributed by atoms with Crippen molar-refractivity contribution >= 4 is 17.5 Å². The van der Waals surface area contributed by atoms with Crippen LogP contribution in [0.25, 0.3) is 5.69 Å². The molecule has 0 saturated heterocycles. The number of ether oxygens (including phenoxy) is 1. The number of benzene rings is 3. The first kappa shape index (κ1) is 20.8. The second kappa shape index (κ2) is 9.57. The van der Waals surface area contributed by atoms with Crippen molar-refractivity contribution in [2.45, 2.75) is 18.2 Å². The van der Waals surface area contributed by atoms with E-state index in [1.165, 1.54) is 23.9 Å². The van der Waals surface area contributed by atoms with Crippen LogP contribution >= 0.6 is 11.8 Å². The van der Waals surface area contributed by atoms with Gasteiger partial charge in [0.15, 0.2) is 22.9 Å². The zero-order valence-electron chi connectivity index (χ0n) is 16.8. The predicted molar refractivity (Wildman–Crippen MR) is 118 cm³/mol. The molecule has 0 bridgehead atoms. The molecule has 0 amide bonds. The topological polar surface area (TPSA) is 57.0 Å². The SMILES string of the molecule is CC(Oc1ccc(F)cc1)c1nnc(SCC(=O)c2ccccc2)n1-c1ccccc1. The maximum Gasteiger partial charge on any atom is 0.196 e. The minimum absolute atomic E-state index is 0.0189. The minimum atomic E-state index is -0.447. The first-order valence-electron chi connectivity index (χ1n) is 9.76. The predicted octanol–water partition coefficient (Wildman–Crippen LogP) is 5.52. The third-order valence-corrected chi connectivity index (χ3v) is 5.52. The molecule has 1 unspecified atom stereocenters. The van der Waals surface area contributed by atoms with E-state index in [0.717, 1.165) is 5.69 Å². The molecule has 3 aromatic carbocycles. The Balaban J connectivity index is 1.59. The van der Waals surface area contributed by atoms with Crippen molar-refractivity contribution in [1.29, 1.82) is 0 Å². The molecule has 0 N–H and O–H groups in total. The minimum Gasteiger partial charge on any atom is -0.483 e. The summed E-state index contributed by atoms with van der Waals surface area (Å²) in [5.41, 5.74) is 1.53. The number of Topliss-reactive ketones (excluding diaryl/α,β-unsaturated/α-hetero) is 1. The summed E-state index contributed by atoms with van der Waals surface area (Å²) in [6.45, 7) is 1.86. The summed E-state index contributed by atoms with van der Waals surface area (Å²) in [7, 11) is 0. The second-order valence-corrected chi connectivity index (χ2v) is 7.75. The molecule has 156 valence electrons. The molecule has 0 saturated carbocycles. The van der Waals surface area contributed by atoms with Gasteiger partial charge < -0.3 is 4.74 Å². The van der Waals surface area contributed by atoms with Gasteiger partial charge in [-0.15, -0.1) is 10.2 Å². The fourth-order valence-corrected chi connectivity index (χ4v) is 3.92. The van der Waals surface area contributed by atoms with Crippen molar-refractivity contribution in [3.63, 3.8) is 0 Å². The van der Waals surface area contributed by atoms with Crippen LogP contribution in [-0.4, -0.2) is 26.3 Å². The van der Waals surface area contributed by atoms with Gasteiger partial charge in [0.1, 0.15) is 11.6 Å². The van der Waals surface area contributed by atoms with Crippen LogP contribution in [0.4, 0.5) is 4.39 Å². The van der Waals surface area contributed by atoms with E-state index in [1.807, 2.05) is 60.0 Å². The molecular weight excluding hydrogens is 413 g/mol. The van der Waals surface area contributed by atoms with Crippen molar-refractivity contribution in [1.82, 2.24) is 14.8 Å². The van der Waals surface area contributed by atoms with Crippen LogP contribution in [0.1, 0.15) is 29.2 Å². The molecule has 7 heteroatoms. The Morgan fingerprint density at radius 2 is 1.61 bits per heavy atom. The Hall–Kier alpha value is -3.45. The lowest BCUT2D eigenvalue weighted by molar-refractivity contribution is 0.102. The molecule has 0 aliphatic rings. The molecule has 0 aliphatic heterocycles. The Bertz CT molecular complexity index is 1150. The maximum absolute atomic E-state index is 13.2. The van der Waals surface area contributed by atoms with Crippen LogP contribution in [-0.2, 0) is 0 Å². The summed E-state index contributed by atoms with van der Waals surface area (Å²) >= 11 is 1.33. The lowest BCUT2D eigenvalue weighted by Crippen LogP contribution is -2.12. The summed E-state index contributed by atoms with van der Waals surface area (Å²) in [6, 6.07) is 24.7. The van der Waals surface area contributed by atoms with Crippen LogP contribution in [0.2, 0.25) is 0 Å². The highest BCUT2D eigenvalue weighted by Gasteiger charge is 2.21. The average molecular weight is 434 g/mol. The highest BCUT2D eigenvalue weighted by molar-refractivity contribution is 7.99. The van der Waals surface area contributed by atoms with Gasteiger partial charge in [0.25, 0.3) is 0 Å². The van der Waals surface area contributed by atoms with Crippen LogP contribution < -0.4 is 4.74 Å². The summed E-state index contributed by atoms with van der Waals surface area (Å²) < 4.78 is 21.0. The molecular formula is C24H20FN3O2S. The quantitative estimate of drug-likeness (QED) is 0.270. The standard InChI is InChI=1S/C24H20FN3O2S/c1-17(30-21-14-12-19(25)13-15-21)23-26-27-24(28(23)20-10-6-3-7-11-20)31-16-22(29)18-8-4-2-5-9-18/h2-15,17H,16H2,1H3. The monoisotopic (exact) mass is 433 g/mol. The van der Waals surface area contributed by atoms with Crippen molar-refractivity contribution in [2.75, 3.05) is 5.75 Å². The zero-order valence-corrected chi connectivity index (χ0v) is 17.6. The lowest BCUT2D eigenvalue weighted by Gasteiger charge is -2.16. The maximum atomic E-state index is 13.2. The van der Waals surface area contributed by atoms with E-state index in [-0.39, 0.29) is 17.4 Å². The smallest absolute Gasteiger partial charge is 0.196 e. The molecule has 31 heavy (non-hydrogen) atoms. The molecule has 1 atom stereocenters. The van der Waals surface area contributed by atoms with Crippen molar-refractivity contribution < 1.29 is 13.9 Å². The average Bonchev–Trinajstić information content (AvgIpc) is 3.24. The van der Waals surface area contributed by atoms with E-state index in [2.05, 4.69) is 10.2 Å². The largest absolute Gasteiger partial charge is 0.483 e. The first-order chi connectivity index (χ1) is 15.1. The van der Waals surface area contributed by atoms with E-state index in [9.17, 15) is 9.18 Å². The van der Waals surface area contributed by atoms with E-state index >= 15 is 0 Å². The summed E-state index contributed by atoms with van der Waals surface area (Å²) in [6.07, 6.45) is -0.447. The third kappa shape index (κ3) is 5.00. The fourth-order valence-electron chi connectivity index (χ4n) is 3.07. The summed E-state index contributed by atoms with van der Waals surface area (Å²) in [4.78, 5) is 12.5. The normalized spacial score (nSPS) is 11.8. The van der Waals surface area contributed by atoms with Gasteiger partial charge in [-0.05, 0) is 43.3 Å². The van der Waals surface area contributed by atoms with Crippen molar-refractivity contribution in [3.8, 4) is 11.4 Å². The van der Waals surface area contributed by atoms with Crippen LogP contribution in [0, 0.1) is 5.82 Å². The number of ketones is 1. The molecule has 1 heterocycles. The lowest BCUT2D eigenvalue weighted by atomic mass is 10.2. The van der Waals surface area contributed by atoms with Gasteiger partial charge in [0, 0.05) is 11.3 Å². The second-order valence-electron chi connectivity index (χ2n) is 6.80. The Morgan fingerprint density at radius 3 is 2.29 bits per heavy atom. The molecule has 0 radical (unpaired) electrons. The number of halogens is 1. The molecule has 4 rings (SSSR count). The van der Waals surface area contributed by atoms with Gasteiger partial charge in [0.2, 0.25) is 0 Å². The Labute approximate surface area is 183 Å². The molecule has 5 nitrogen and oxygen atoms in total. The number of nitrogens with zero attached hydrogens (tertiary/aromatic N) is 3. The van der Waals surface area contributed by atoms with Crippen molar-refractivity contribution in [2.24, 2.45) is 0 Å². The molecule has 0 aliphatic carbocycles. The number of thioether (sulfide) groups is 1. The number of carbonyl (C=O) groups excluding carboxylic acids is 1. The van der Waals surface area contributed by atoms with E-state index < -0.39 is 6.10 Å². The fraction of sp³-hybridized carbons (Fsp3) is 0.125. The van der Waals surface area contributed by atoms with Crippen LogP contribution in [0.15, 0.2) is 90.1 Å². The van der Waals surface area contributed by atoms with Gasteiger partial charge in [-0.2, -0.15) is 0 Å². The Morgan fingerprint density at radius 1 is 0.968 bits per heavy atom. The number of rotatable bonds is 8. The van der Waals surface area contributed by atoms with Gasteiger partial charge in [-0.3, -0.25) is 9.36 Å². The molecule has 0 spiro atoms. The zero-order chi connectivity index (χ0) is 21.6. The Kier molecular flexibility index (Phi) is 6.43. The van der Waals surface area contributed by atoms with E-state index in [4.69, 9.17) is 4.74 Å². The van der Waals surface area contributed by atoms with Crippen LogP contribution in [0.3, 0.4) is 0 Å². The highest BCUT2D eigenvalue weighted by Crippen LogP contribution is 2.28. The third-order valence-electron chi connectivity index (χ3n) is 4.59. The first-order valence-corrected chi connectivity index (χ1v) is 10.7. The number of para-hydroxylation sites is 1. The van der Waals surface area contributed by atoms with Gasteiger partial charge in [0.05, 0.1) is 5.75 Å². The van der Waals surface area contributed by atoms with E-state index in [0.29, 0.717) is 22.3 Å². The summed E-state index contributed by atoms with van der Waals surface area (Å²) in [5, 5.41) is 9.25. The molecule has 4 aromatic rings. The number of hydrogen-bond acceptors (Lipinski definition) is 5.